The van der Waals surface area contributed by atoms with E-state index >= 15 is 0 Å². The lowest BCUT2D eigenvalue weighted by Gasteiger charge is -2.36. The molecule has 0 bridgehead atoms. The van der Waals surface area contributed by atoms with Crippen LogP contribution in [-0.2, 0) is 10.2 Å². The number of halogens is 1. The molecule has 1 aromatic rings. The van der Waals surface area contributed by atoms with Gasteiger partial charge in [-0.05, 0) is 36.5 Å². The Hall–Kier alpha value is -1.03. The second kappa shape index (κ2) is 6.39. The van der Waals surface area contributed by atoms with Gasteiger partial charge in [-0.2, -0.15) is 0 Å². The number of carboxylic acids is 1. The van der Waals surface area contributed by atoms with Crippen LogP contribution in [0, 0.1) is 0 Å². The van der Waals surface area contributed by atoms with Crippen LogP contribution >= 0.6 is 15.9 Å². The molecule has 1 aliphatic rings. The van der Waals surface area contributed by atoms with Crippen LogP contribution in [-0.4, -0.2) is 18.2 Å². The van der Waals surface area contributed by atoms with Crippen LogP contribution in [0.4, 0.5) is 0 Å². The summed E-state index contributed by atoms with van der Waals surface area (Å²) in [5.41, 5.74) is 1.19. The average Bonchev–Trinajstić information content (AvgIpc) is 2.46. The molecular formula is C17H23BrO3. The van der Waals surface area contributed by atoms with Crippen LogP contribution in [0.1, 0.15) is 63.0 Å². The van der Waals surface area contributed by atoms with Crippen molar-refractivity contribution in [1.29, 1.82) is 0 Å². The average molecular weight is 355 g/mol. The summed E-state index contributed by atoms with van der Waals surface area (Å²) in [4.78, 5) is 12.1. The highest BCUT2D eigenvalue weighted by molar-refractivity contribution is 9.10. The first-order valence-electron chi connectivity index (χ1n) is 7.53. The van der Waals surface area contributed by atoms with Crippen molar-refractivity contribution in [2.24, 2.45) is 0 Å². The van der Waals surface area contributed by atoms with Crippen molar-refractivity contribution in [3.63, 3.8) is 0 Å². The van der Waals surface area contributed by atoms with Crippen LogP contribution in [0.25, 0.3) is 0 Å². The number of hydrogen-bond acceptors (Lipinski definition) is 2. The van der Waals surface area contributed by atoms with Gasteiger partial charge in [0.05, 0.1) is 12.5 Å². The second-order valence-electron chi connectivity index (χ2n) is 6.17. The number of carboxylic acid groups (broad SMARTS) is 1. The zero-order chi connectivity index (χ0) is 15.6. The Bertz CT molecular complexity index is 531. The molecule has 0 saturated heterocycles. The van der Waals surface area contributed by atoms with Gasteiger partial charge in [-0.1, -0.05) is 49.0 Å². The molecule has 4 heteroatoms. The topological polar surface area (TPSA) is 46.5 Å². The molecule has 0 amide bonds. The van der Waals surface area contributed by atoms with Crippen LogP contribution in [0.5, 0.6) is 5.75 Å². The molecule has 0 spiro atoms. The van der Waals surface area contributed by atoms with Crippen LogP contribution in [0.3, 0.4) is 0 Å². The molecule has 1 aromatic carbocycles. The maximum Gasteiger partial charge on any atom is 0.314 e. The first-order chi connectivity index (χ1) is 9.92. The molecule has 1 saturated carbocycles. The van der Waals surface area contributed by atoms with E-state index in [0.29, 0.717) is 12.8 Å². The SMILES string of the molecule is COc1cc(Br)cc(C2(C(=O)O)CCCCC2)c1C(C)C. The van der Waals surface area contributed by atoms with E-state index in [2.05, 4.69) is 29.8 Å². The lowest BCUT2D eigenvalue weighted by Crippen LogP contribution is -2.39. The molecule has 2 rings (SSSR count). The van der Waals surface area contributed by atoms with Gasteiger partial charge in [0.2, 0.25) is 0 Å². The molecule has 1 aliphatic carbocycles. The van der Waals surface area contributed by atoms with E-state index in [1.54, 1.807) is 7.11 Å². The summed E-state index contributed by atoms with van der Waals surface area (Å²) in [6, 6.07) is 3.91. The highest BCUT2D eigenvalue weighted by Gasteiger charge is 2.43. The van der Waals surface area contributed by atoms with Gasteiger partial charge in [0.25, 0.3) is 0 Å². The van der Waals surface area contributed by atoms with E-state index in [0.717, 1.165) is 40.6 Å². The predicted octanol–water partition coefficient (Wildman–Crippen LogP) is 4.87. The molecule has 3 nitrogen and oxygen atoms in total. The molecule has 0 atom stereocenters. The molecule has 1 fully saturated rings. The number of methoxy groups -OCH3 is 1. The van der Waals surface area contributed by atoms with E-state index in [1.165, 1.54) is 0 Å². The zero-order valence-corrected chi connectivity index (χ0v) is 14.5. The van der Waals surface area contributed by atoms with Crippen molar-refractivity contribution in [2.45, 2.75) is 57.3 Å². The summed E-state index contributed by atoms with van der Waals surface area (Å²) in [7, 11) is 1.64. The highest BCUT2D eigenvalue weighted by Crippen LogP contribution is 2.46. The van der Waals surface area contributed by atoms with Gasteiger partial charge in [-0.15, -0.1) is 0 Å². The number of rotatable bonds is 4. The third kappa shape index (κ3) is 2.96. The first-order valence-corrected chi connectivity index (χ1v) is 8.33. The normalized spacial score (nSPS) is 17.8. The number of aliphatic carboxylic acids is 1. The summed E-state index contributed by atoms with van der Waals surface area (Å²) in [6.45, 7) is 4.18. The van der Waals surface area contributed by atoms with Crippen molar-refractivity contribution in [2.75, 3.05) is 7.11 Å². The first kappa shape index (κ1) is 16.3. The number of carbonyl (C=O) groups is 1. The van der Waals surface area contributed by atoms with Crippen LogP contribution in [0.2, 0.25) is 0 Å². The molecule has 21 heavy (non-hydrogen) atoms. The highest BCUT2D eigenvalue weighted by atomic mass is 79.9. The van der Waals surface area contributed by atoms with E-state index < -0.39 is 11.4 Å². The van der Waals surface area contributed by atoms with Gasteiger partial charge in [0.1, 0.15) is 5.75 Å². The summed E-state index contributed by atoms with van der Waals surface area (Å²) in [6.07, 6.45) is 4.48. The van der Waals surface area contributed by atoms with Gasteiger partial charge < -0.3 is 9.84 Å². The molecule has 0 aliphatic heterocycles. The number of benzene rings is 1. The van der Waals surface area contributed by atoms with Crippen molar-refractivity contribution < 1.29 is 14.6 Å². The predicted molar refractivity (Wildman–Crippen MR) is 87.2 cm³/mol. The lowest BCUT2D eigenvalue weighted by atomic mass is 9.67. The number of hydrogen-bond donors (Lipinski definition) is 1. The molecular weight excluding hydrogens is 332 g/mol. The Kier molecular flexibility index (Phi) is 4.97. The standard InChI is InChI=1S/C17H23BrO3/c1-11(2)15-13(9-12(18)10-14(15)21-3)17(16(19)20)7-5-4-6-8-17/h9-11H,4-8H2,1-3H3,(H,19,20). The fraction of sp³-hybridized carbons (Fsp3) is 0.588. The molecule has 1 N–H and O–H groups in total. The smallest absolute Gasteiger partial charge is 0.314 e. The Morgan fingerprint density at radius 2 is 1.90 bits per heavy atom. The Morgan fingerprint density at radius 1 is 1.29 bits per heavy atom. The van der Waals surface area contributed by atoms with Gasteiger partial charge in [0.15, 0.2) is 0 Å². The summed E-state index contributed by atoms with van der Waals surface area (Å²) < 4.78 is 6.40. The van der Waals surface area contributed by atoms with Gasteiger partial charge in [0, 0.05) is 10.0 Å². The molecule has 116 valence electrons. The Morgan fingerprint density at radius 3 is 2.38 bits per heavy atom. The van der Waals surface area contributed by atoms with Gasteiger partial charge in [-0.3, -0.25) is 4.79 Å². The van der Waals surface area contributed by atoms with E-state index in [9.17, 15) is 9.90 Å². The fourth-order valence-corrected chi connectivity index (χ4v) is 3.94. The Labute approximate surface area is 134 Å². The van der Waals surface area contributed by atoms with E-state index in [1.807, 2.05) is 12.1 Å². The maximum atomic E-state index is 12.1. The third-order valence-electron chi connectivity index (χ3n) is 4.54. The minimum atomic E-state index is -0.769. The Balaban J connectivity index is 2.69. The van der Waals surface area contributed by atoms with E-state index in [4.69, 9.17) is 4.74 Å². The summed E-state index contributed by atoms with van der Waals surface area (Å²) in [5, 5.41) is 9.95. The minimum absolute atomic E-state index is 0.223. The monoisotopic (exact) mass is 354 g/mol. The molecule has 0 unspecified atom stereocenters. The van der Waals surface area contributed by atoms with Crippen LogP contribution in [0.15, 0.2) is 16.6 Å². The van der Waals surface area contributed by atoms with Gasteiger partial charge >= 0.3 is 5.97 Å². The summed E-state index contributed by atoms with van der Waals surface area (Å²) >= 11 is 3.50. The van der Waals surface area contributed by atoms with Crippen molar-refractivity contribution >= 4 is 21.9 Å². The van der Waals surface area contributed by atoms with Crippen molar-refractivity contribution in [3.8, 4) is 5.75 Å². The lowest BCUT2D eigenvalue weighted by molar-refractivity contribution is -0.145. The third-order valence-corrected chi connectivity index (χ3v) is 4.99. The molecule has 0 aromatic heterocycles. The fourth-order valence-electron chi connectivity index (χ4n) is 3.51. The molecule has 0 heterocycles. The van der Waals surface area contributed by atoms with Gasteiger partial charge in [-0.25, -0.2) is 0 Å². The summed E-state index contributed by atoms with van der Waals surface area (Å²) in [5.74, 6) is 0.297. The minimum Gasteiger partial charge on any atom is -0.496 e. The zero-order valence-electron chi connectivity index (χ0n) is 12.9. The van der Waals surface area contributed by atoms with E-state index in [-0.39, 0.29) is 5.92 Å². The second-order valence-corrected chi connectivity index (χ2v) is 7.09. The van der Waals surface area contributed by atoms with Crippen LogP contribution < -0.4 is 4.74 Å². The quantitative estimate of drug-likeness (QED) is 0.838. The maximum absolute atomic E-state index is 12.1. The van der Waals surface area contributed by atoms with Crippen molar-refractivity contribution in [3.05, 3.63) is 27.7 Å². The number of ether oxygens (including phenoxy) is 1. The van der Waals surface area contributed by atoms with Crippen molar-refractivity contribution in [1.82, 2.24) is 0 Å². The molecule has 0 radical (unpaired) electrons. The largest absolute Gasteiger partial charge is 0.496 e.